The van der Waals surface area contributed by atoms with E-state index in [4.69, 9.17) is 61.7 Å². The Balaban J connectivity index is 0.000000140. The lowest BCUT2D eigenvalue weighted by Gasteiger charge is -2.15. The van der Waals surface area contributed by atoms with Crippen molar-refractivity contribution in [2.24, 2.45) is 0 Å². The van der Waals surface area contributed by atoms with Gasteiger partial charge in [0.2, 0.25) is 17.4 Å². The zero-order valence-electron chi connectivity index (χ0n) is 53.8. The molecule has 6 aromatic carbocycles. The van der Waals surface area contributed by atoms with Crippen LogP contribution in [0.4, 0.5) is 5.88 Å². The highest BCUT2D eigenvalue weighted by molar-refractivity contribution is 6.10. The van der Waals surface area contributed by atoms with E-state index in [1.807, 2.05) is 78.8 Å². The number of nitrogens with one attached hydrogen (secondary N) is 2. The molecule has 0 amide bonds. The summed E-state index contributed by atoms with van der Waals surface area (Å²) in [6, 6.07) is 31.4. The Labute approximate surface area is 552 Å². The predicted octanol–water partition coefficient (Wildman–Crippen LogP) is 14.5. The Bertz CT molecular complexity index is 5920. The summed E-state index contributed by atoms with van der Waals surface area (Å²) in [5.41, 5.74) is 6.74. The molecule has 490 valence electrons. The predicted molar refractivity (Wildman–Crippen MR) is 355 cm³/mol. The second-order valence-corrected chi connectivity index (χ2v) is 23.1. The number of aromatic hydroxyl groups is 2. The summed E-state index contributed by atoms with van der Waals surface area (Å²) in [6.45, 7) is 24.3. The van der Waals surface area contributed by atoms with E-state index in [0.717, 1.165) is 60.1 Å². The number of benzene rings is 6. The zero-order valence-corrected chi connectivity index (χ0v) is 53.8. The van der Waals surface area contributed by atoms with Crippen molar-refractivity contribution in [3.05, 3.63) is 225 Å². The van der Waals surface area contributed by atoms with Crippen LogP contribution >= 0.6 is 0 Å². The molecule has 0 aliphatic rings. The maximum absolute atomic E-state index is 13.2. The number of phenolic OH excluding ortho intramolecular Hbond substituents is 2. The zero-order chi connectivity index (χ0) is 68.8. The van der Waals surface area contributed by atoms with E-state index in [1.165, 1.54) is 6.07 Å². The third-order valence-corrected chi connectivity index (χ3v) is 16.5. The van der Waals surface area contributed by atoms with Crippen LogP contribution in [-0.4, -0.2) is 51.5 Å². The van der Waals surface area contributed by atoms with E-state index in [0.29, 0.717) is 124 Å². The SMILES string of the molecule is Cc1cc2c(cc1O)c(=O)oc1c(C)c(O)cc(C)c12.Cc1cc2c(cc1OCc1ccc(-c3nn[nH]n3)o1)c(=O)oc1c(C)c(OCc3ccc(-c4nn[nH]n4)o3)cc(C)c12.[C-]#[N+]c1ccc(COc2cc(C)c3c(oc(=O)c4cc(OCc5ccc(C#N)o5)c(C)cc43)c2C)o1. The molecule has 9 aromatic heterocycles. The maximum atomic E-state index is 13.2. The van der Waals surface area contributed by atoms with Crippen molar-refractivity contribution in [2.45, 2.75) is 88.7 Å². The fourth-order valence-corrected chi connectivity index (χ4v) is 11.5. The van der Waals surface area contributed by atoms with Gasteiger partial charge in [-0.3, -0.25) is 0 Å². The number of fused-ring (bicyclic) bond motifs is 9. The summed E-state index contributed by atoms with van der Waals surface area (Å²) in [6.07, 6.45) is 0. The molecule has 26 nitrogen and oxygen atoms in total. The number of hydrogen-bond donors (Lipinski definition) is 4. The first kappa shape index (κ1) is 63.5. The summed E-state index contributed by atoms with van der Waals surface area (Å²) in [4.78, 5) is 41.5. The minimum absolute atomic E-state index is 0.0669. The molecule has 0 fully saturated rings. The number of aryl methyl sites for hydroxylation is 9. The molecular weight excluding hydrogens is 1260 g/mol. The lowest BCUT2D eigenvalue weighted by Crippen LogP contribution is -2.05. The van der Waals surface area contributed by atoms with E-state index in [9.17, 15) is 24.6 Å². The first-order valence-corrected chi connectivity index (χ1v) is 30.3. The van der Waals surface area contributed by atoms with Crippen molar-refractivity contribution in [2.75, 3.05) is 0 Å². The van der Waals surface area contributed by atoms with E-state index in [2.05, 4.69) is 46.1 Å². The topological polar surface area (TPSA) is 358 Å². The maximum Gasteiger partial charge on any atom is 0.345 e. The third-order valence-electron chi connectivity index (χ3n) is 16.5. The molecule has 15 aromatic rings. The van der Waals surface area contributed by atoms with Gasteiger partial charge in [0.1, 0.15) is 107 Å². The molecule has 0 bridgehead atoms. The lowest BCUT2D eigenvalue weighted by molar-refractivity contribution is 0.268. The number of H-pyrrole nitrogens is 2. The highest BCUT2D eigenvalue weighted by Gasteiger charge is 2.23. The van der Waals surface area contributed by atoms with Gasteiger partial charge in [-0.05, 0) is 209 Å². The van der Waals surface area contributed by atoms with Crippen LogP contribution in [0.15, 0.2) is 148 Å². The first-order valence-electron chi connectivity index (χ1n) is 30.3. The number of hydrogen-bond acceptors (Lipinski definition) is 23. The number of nitrogens with zero attached hydrogens (tertiary/aromatic N) is 8. The normalized spacial score (nSPS) is 11.3. The molecular formula is C72H56N10O16. The second-order valence-electron chi connectivity index (χ2n) is 23.1. The van der Waals surface area contributed by atoms with Crippen LogP contribution in [0.3, 0.4) is 0 Å². The van der Waals surface area contributed by atoms with Gasteiger partial charge in [-0.1, -0.05) is 0 Å². The number of ether oxygens (including phenoxy) is 4. The van der Waals surface area contributed by atoms with Crippen LogP contribution < -0.4 is 35.8 Å². The molecule has 26 heteroatoms. The highest BCUT2D eigenvalue weighted by Crippen LogP contribution is 2.40. The van der Waals surface area contributed by atoms with E-state index in [-0.39, 0.29) is 49.6 Å². The molecule has 0 radical (unpaired) electrons. The van der Waals surface area contributed by atoms with Gasteiger partial charge in [-0.15, -0.1) is 20.4 Å². The number of nitriles is 1. The average Bonchev–Trinajstić information content (AvgIpc) is 0.932. The molecule has 0 aliphatic heterocycles. The molecule has 98 heavy (non-hydrogen) atoms. The Morgan fingerprint density at radius 2 is 0.847 bits per heavy atom. The quantitative estimate of drug-likeness (QED) is 0.0446. The van der Waals surface area contributed by atoms with Gasteiger partial charge in [0.15, 0.2) is 11.5 Å². The van der Waals surface area contributed by atoms with Crippen molar-refractivity contribution in [1.82, 2.24) is 41.2 Å². The fourth-order valence-electron chi connectivity index (χ4n) is 11.5. The molecule has 0 unspecified atom stereocenters. The van der Waals surface area contributed by atoms with Gasteiger partial charge in [-0.25, -0.2) is 14.4 Å². The van der Waals surface area contributed by atoms with E-state index >= 15 is 0 Å². The first-order chi connectivity index (χ1) is 47.2. The molecule has 4 N–H and O–H groups in total. The van der Waals surface area contributed by atoms with Gasteiger partial charge in [0, 0.05) is 49.0 Å². The van der Waals surface area contributed by atoms with Gasteiger partial charge < -0.3 is 60.1 Å². The fraction of sp³-hybridized carbons (Fsp3) is 0.181. The lowest BCUT2D eigenvalue weighted by atomic mass is 9.98. The van der Waals surface area contributed by atoms with Crippen LogP contribution in [0, 0.1) is 80.2 Å². The molecule has 15 rings (SSSR count). The molecule has 0 spiro atoms. The number of furan rings is 4. The van der Waals surface area contributed by atoms with E-state index < -0.39 is 16.9 Å². The number of aromatic amines is 2. The summed E-state index contributed by atoms with van der Waals surface area (Å²) in [5, 5.41) is 61.9. The van der Waals surface area contributed by atoms with Gasteiger partial charge in [0.25, 0.3) is 0 Å². The van der Waals surface area contributed by atoms with Gasteiger partial charge in [-0.2, -0.15) is 20.5 Å². The Morgan fingerprint density at radius 3 is 1.29 bits per heavy atom. The Morgan fingerprint density at radius 1 is 0.439 bits per heavy atom. The van der Waals surface area contributed by atoms with Crippen LogP contribution in [0.2, 0.25) is 0 Å². The van der Waals surface area contributed by atoms with Crippen LogP contribution in [0.1, 0.15) is 78.9 Å². The second kappa shape index (κ2) is 25.9. The smallest absolute Gasteiger partial charge is 0.345 e. The van der Waals surface area contributed by atoms with Crippen molar-refractivity contribution in [3.63, 3.8) is 0 Å². The van der Waals surface area contributed by atoms with Gasteiger partial charge in [0.05, 0.1) is 22.7 Å². The summed E-state index contributed by atoms with van der Waals surface area (Å²) in [7, 11) is 0. The number of tetrazole rings is 2. The largest absolute Gasteiger partial charge is 0.508 e. The minimum Gasteiger partial charge on any atom is -0.508 e. The minimum atomic E-state index is -0.518. The average molecular weight is 1320 g/mol. The van der Waals surface area contributed by atoms with Crippen molar-refractivity contribution >= 4 is 71.1 Å². The monoisotopic (exact) mass is 1320 g/mol. The summed E-state index contributed by atoms with van der Waals surface area (Å²) < 4.78 is 63.1. The Kier molecular flexibility index (Phi) is 16.8. The number of rotatable bonds is 14. The van der Waals surface area contributed by atoms with Crippen LogP contribution in [0.25, 0.3) is 93.2 Å². The van der Waals surface area contributed by atoms with Crippen molar-refractivity contribution in [1.29, 1.82) is 5.26 Å². The van der Waals surface area contributed by atoms with Crippen LogP contribution in [0.5, 0.6) is 34.5 Å². The molecule has 0 saturated carbocycles. The molecule has 0 saturated heterocycles. The highest BCUT2D eigenvalue weighted by atomic mass is 16.5. The van der Waals surface area contributed by atoms with Crippen molar-refractivity contribution in [3.8, 4) is 63.7 Å². The Hall–Kier alpha value is -13.2. The van der Waals surface area contributed by atoms with Crippen molar-refractivity contribution < 1.29 is 60.1 Å². The molecule has 0 atom stereocenters. The third kappa shape index (κ3) is 12.2. The molecule has 9 heterocycles. The van der Waals surface area contributed by atoms with Crippen LogP contribution in [-0.2, 0) is 26.4 Å². The number of phenols is 2. The summed E-state index contributed by atoms with van der Waals surface area (Å²) in [5.74, 6) is 6.62. The van der Waals surface area contributed by atoms with E-state index in [1.54, 1.807) is 86.6 Å². The van der Waals surface area contributed by atoms with Gasteiger partial charge >= 0.3 is 22.8 Å². The summed E-state index contributed by atoms with van der Waals surface area (Å²) >= 11 is 0. The molecule has 0 aliphatic carbocycles. The standard InChI is InChI=1S/C28H22N8O6.C28H20N2O6.C16H14O4/c1-13-8-18-19(10-22(13)38-11-16-4-6-20(40-16)26-29-33-34-30-26)28(37)42-25-15(3)23(9-14(2)24(18)25)39-12-17-5-7-21(41-17)27-31-35-36-32-27;1-15-9-21-22(11-23(15)32-13-19-6-5-18(12-29)34-19)28(31)36-27-17(3)24(10-16(2)26(21)27)33-14-20-7-8-25(30-4)35-20;1-7-4-10-11(6-12(7)17)16(19)20-15-9(3)13(18)5-8(2)14(10)15/h4-10H,11-12H2,1-3H3,(H,29,30,33,34)(H,31,32,35,36);5-11H,13-14H2,1-3H3;4-6,17-18H,1-3H3. The number of aromatic nitrogens is 8.